The van der Waals surface area contributed by atoms with Gasteiger partial charge in [0.2, 0.25) is 11.8 Å². The molecule has 0 N–H and O–H groups in total. The summed E-state index contributed by atoms with van der Waals surface area (Å²) in [5.74, 6) is 1.40. The SMILES string of the molecule is O=C(C1CCN(C(=O)C2COc3ccccc3C2)CC1)N1CCCCC1. The minimum absolute atomic E-state index is 0.0977. The normalized spacial score (nSPS) is 23.9. The Labute approximate surface area is 155 Å². The zero-order valence-corrected chi connectivity index (χ0v) is 15.4. The van der Waals surface area contributed by atoms with Gasteiger partial charge in [-0.3, -0.25) is 9.59 Å². The molecule has 0 aromatic heterocycles. The number of ether oxygens (including phenoxy) is 1. The molecular weight excluding hydrogens is 328 g/mol. The number of likely N-dealkylation sites (tertiary alicyclic amines) is 2. The number of amides is 2. The number of piperidine rings is 2. The van der Waals surface area contributed by atoms with E-state index in [4.69, 9.17) is 4.74 Å². The standard InChI is InChI=1S/C21H28N2O3/c24-20(22-10-4-1-5-11-22)16-8-12-23(13-9-16)21(25)18-14-17-6-2-3-7-19(17)26-15-18/h2-3,6-7,16,18H,1,4-5,8-15H2. The number of hydrogen-bond acceptors (Lipinski definition) is 3. The first-order valence-electron chi connectivity index (χ1n) is 10.0. The Morgan fingerprint density at radius 1 is 0.846 bits per heavy atom. The van der Waals surface area contributed by atoms with Gasteiger partial charge in [0.05, 0.1) is 5.92 Å². The molecule has 26 heavy (non-hydrogen) atoms. The second-order valence-electron chi connectivity index (χ2n) is 7.81. The van der Waals surface area contributed by atoms with Crippen LogP contribution in [0, 0.1) is 11.8 Å². The summed E-state index contributed by atoms with van der Waals surface area (Å²) >= 11 is 0. The van der Waals surface area contributed by atoms with Crippen LogP contribution in [0.15, 0.2) is 24.3 Å². The van der Waals surface area contributed by atoms with Crippen LogP contribution in [0.5, 0.6) is 5.75 Å². The average Bonchev–Trinajstić information content (AvgIpc) is 2.73. The lowest BCUT2D eigenvalue weighted by Crippen LogP contribution is -2.48. The minimum atomic E-state index is -0.0979. The second kappa shape index (κ2) is 7.68. The molecule has 2 fully saturated rings. The molecule has 0 bridgehead atoms. The molecule has 140 valence electrons. The van der Waals surface area contributed by atoms with Crippen LogP contribution in [-0.2, 0) is 16.0 Å². The monoisotopic (exact) mass is 356 g/mol. The van der Waals surface area contributed by atoms with E-state index >= 15 is 0 Å². The maximum Gasteiger partial charge on any atom is 0.229 e. The van der Waals surface area contributed by atoms with Crippen molar-refractivity contribution in [3.05, 3.63) is 29.8 Å². The fraction of sp³-hybridized carbons (Fsp3) is 0.619. The van der Waals surface area contributed by atoms with Crippen LogP contribution >= 0.6 is 0 Å². The van der Waals surface area contributed by atoms with E-state index < -0.39 is 0 Å². The largest absolute Gasteiger partial charge is 0.492 e. The van der Waals surface area contributed by atoms with Crippen molar-refractivity contribution in [1.29, 1.82) is 0 Å². The summed E-state index contributed by atoms with van der Waals surface area (Å²) in [5, 5.41) is 0. The summed E-state index contributed by atoms with van der Waals surface area (Å²) in [4.78, 5) is 29.5. The Morgan fingerprint density at radius 2 is 1.50 bits per heavy atom. The molecule has 1 atom stereocenters. The molecule has 1 aromatic carbocycles. The van der Waals surface area contributed by atoms with Crippen LogP contribution in [0.2, 0.25) is 0 Å². The number of carbonyl (C=O) groups excluding carboxylic acids is 2. The fourth-order valence-corrected chi connectivity index (χ4v) is 4.46. The summed E-state index contributed by atoms with van der Waals surface area (Å²) in [6.45, 7) is 3.68. The van der Waals surface area contributed by atoms with Gasteiger partial charge in [-0.15, -0.1) is 0 Å². The molecule has 5 nitrogen and oxygen atoms in total. The van der Waals surface area contributed by atoms with E-state index in [1.54, 1.807) is 0 Å². The van der Waals surface area contributed by atoms with Crippen LogP contribution in [0.25, 0.3) is 0 Å². The summed E-state index contributed by atoms with van der Waals surface area (Å²) in [7, 11) is 0. The van der Waals surface area contributed by atoms with Crippen LogP contribution in [0.1, 0.15) is 37.7 Å². The number of benzene rings is 1. The number of hydrogen-bond donors (Lipinski definition) is 0. The summed E-state index contributed by atoms with van der Waals surface area (Å²) in [6.07, 6.45) is 5.85. The Hall–Kier alpha value is -2.04. The van der Waals surface area contributed by atoms with E-state index in [-0.39, 0.29) is 17.7 Å². The van der Waals surface area contributed by atoms with Gasteiger partial charge in [-0.05, 0) is 50.2 Å². The van der Waals surface area contributed by atoms with Crippen molar-refractivity contribution >= 4 is 11.8 Å². The zero-order chi connectivity index (χ0) is 17.9. The summed E-state index contributed by atoms with van der Waals surface area (Å²) in [6, 6.07) is 7.96. The van der Waals surface area contributed by atoms with E-state index in [0.717, 1.165) is 56.5 Å². The molecule has 0 radical (unpaired) electrons. The molecule has 3 aliphatic heterocycles. The lowest BCUT2D eigenvalue weighted by atomic mass is 9.91. The number of rotatable bonds is 2. The van der Waals surface area contributed by atoms with E-state index in [1.807, 2.05) is 34.1 Å². The van der Waals surface area contributed by atoms with Crippen molar-refractivity contribution in [3.8, 4) is 5.75 Å². The average molecular weight is 356 g/mol. The molecule has 3 aliphatic rings. The van der Waals surface area contributed by atoms with Gasteiger partial charge in [-0.25, -0.2) is 0 Å². The van der Waals surface area contributed by atoms with Gasteiger partial charge in [0.25, 0.3) is 0 Å². The van der Waals surface area contributed by atoms with Crippen molar-refractivity contribution < 1.29 is 14.3 Å². The molecule has 1 aromatic rings. The van der Waals surface area contributed by atoms with Crippen molar-refractivity contribution in [2.45, 2.75) is 38.5 Å². The number of para-hydroxylation sites is 1. The summed E-state index contributed by atoms with van der Waals surface area (Å²) < 4.78 is 5.78. The van der Waals surface area contributed by atoms with Gasteiger partial charge in [-0.2, -0.15) is 0 Å². The summed E-state index contributed by atoms with van der Waals surface area (Å²) in [5.41, 5.74) is 1.12. The smallest absolute Gasteiger partial charge is 0.229 e. The third-order valence-corrected chi connectivity index (χ3v) is 6.05. The van der Waals surface area contributed by atoms with Crippen molar-refractivity contribution in [2.24, 2.45) is 11.8 Å². The highest BCUT2D eigenvalue weighted by Crippen LogP contribution is 2.29. The lowest BCUT2D eigenvalue weighted by molar-refractivity contribution is -0.143. The Bertz CT molecular complexity index is 661. The highest BCUT2D eigenvalue weighted by Gasteiger charge is 2.34. The highest BCUT2D eigenvalue weighted by atomic mass is 16.5. The van der Waals surface area contributed by atoms with Crippen LogP contribution in [-0.4, -0.2) is 54.4 Å². The first-order chi connectivity index (χ1) is 12.7. The molecular formula is C21H28N2O3. The third kappa shape index (κ3) is 3.57. The number of nitrogens with zero attached hydrogens (tertiary/aromatic N) is 2. The predicted octanol–water partition coefficient (Wildman–Crippen LogP) is 2.49. The maximum atomic E-state index is 12.9. The Kier molecular flexibility index (Phi) is 5.14. The molecule has 3 heterocycles. The van der Waals surface area contributed by atoms with Crippen molar-refractivity contribution in [2.75, 3.05) is 32.8 Å². The van der Waals surface area contributed by atoms with E-state index in [0.29, 0.717) is 25.6 Å². The van der Waals surface area contributed by atoms with E-state index in [9.17, 15) is 9.59 Å². The van der Waals surface area contributed by atoms with Gasteiger partial charge in [-0.1, -0.05) is 18.2 Å². The van der Waals surface area contributed by atoms with Gasteiger partial charge < -0.3 is 14.5 Å². The number of carbonyl (C=O) groups is 2. The van der Waals surface area contributed by atoms with E-state index in [2.05, 4.69) is 0 Å². The number of fused-ring (bicyclic) bond motifs is 1. The fourth-order valence-electron chi connectivity index (χ4n) is 4.46. The Balaban J connectivity index is 1.30. The van der Waals surface area contributed by atoms with Gasteiger partial charge in [0, 0.05) is 32.1 Å². The molecule has 1 unspecified atom stereocenters. The molecule has 4 rings (SSSR count). The molecule has 5 heteroatoms. The van der Waals surface area contributed by atoms with Gasteiger partial charge in [0.15, 0.2) is 0 Å². The van der Waals surface area contributed by atoms with Gasteiger partial charge in [0.1, 0.15) is 12.4 Å². The predicted molar refractivity (Wildman–Crippen MR) is 98.9 cm³/mol. The quantitative estimate of drug-likeness (QED) is 0.818. The molecule has 0 spiro atoms. The topological polar surface area (TPSA) is 49.9 Å². The highest BCUT2D eigenvalue weighted by molar-refractivity contribution is 5.81. The molecule has 0 aliphatic carbocycles. The first kappa shape index (κ1) is 17.4. The van der Waals surface area contributed by atoms with E-state index in [1.165, 1.54) is 6.42 Å². The van der Waals surface area contributed by atoms with Crippen LogP contribution < -0.4 is 4.74 Å². The molecule has 0 saturated carbocycles. The lowest BCUT2D eigenvalue weighted by Gasteiger charge is -2.37. The van der Waals surface area contributed by atoms with Crippen molar-refractivity contribution in [1.82, 2.24) is 9.80 Å². The first-order valence-corrected chi connectivity index (χ1v) is 10.0. The minimum Gasteiger partial charge on any atom is -0.492 e. The maximum absolute atomic E-state index is 12.9. The Morgan fingerprint density at radius 3 is 2.27 bits per heavy atom. The van der Waals surface area contributed by atoms with Crippen LogP contribution in [0.4, 0.5) is 0 Å². The molecule has 2 amide bonds. The molecule has 2 saturated heterocycles. The third-order valence-electron chi connectivity index (χ3n) is 6.05. The zero-order valence-electron chi connectivity index (χ0n) is 15.4. The van der Waals surface area contributed by atoms with Crippen molar-refractivity contribution in [3.63, 3.8) is 0 Å². The van der Waals surface area contributed by atoms with Gasteiger partial charge >= 0.3 is 0 Å². The van der Waals surface area contributed by atoms with Crippen LogP contribution in [0.3, 0.4) is 0 Å². The second-order valence-corrected chi connectivity index (χ2v) is 7.81.